The summed E-state index contributed by atoms with van der Waals surface area (Å²) in [5.41, 5.74) is 4.25. The second-order valence-electron chi connectivity index (χ2n) is 11.6. The zero-order valence-electron chi connectivity index (χ0n) is 25.4. The lowest BCUT2D eigenvalue weighted by Crippen LogP contribution is -2.51. The van der Waals surface area contributed by atoms with E-state index in [2.05, 4.69) is 32.0 Å². The van der Waals surface area contributed by atoms with Gasteiger partial charge in [0.15, 0.2) is 11.8 Å². The number of hydrogen-bond acceptors (Lipinski definition) is 9. The first kappa shape index (κ1) is 28.9. The molecule has 12 heteroatoms. The average Bonchev–Trinajstić information content (AvgIpc) is 3.80. The van der Waals surface area contributed by atoms with Crippen molar-refractivity contribution in [2.75, 3.05) is 32.8 Å². The van der Waals surface area contributed by atoms with Crippen molar-refractivity contribution in [1.82, 2.24) is 29.5 Å². The third kappa shape index (κ3) is 5.29. The zero-order valence-corrected chi connectivity index (χ0v) is 25.4. The third-order valence-corrected chi connectivity index (χ3v) is 8.88. The standard InChI is InChI=1S/C33H35N7O5/c1-38(17-20-8-5-4-6-9-20)29-15-26(36-31-23(16-35-40(29)31)32(41)37-25-11-12-27(25)43-2)24-18-39(30-22(24)10-7-13-34-30)21-14-28(45-19-21)33(42)44-3/h4-10,13,15-16,18,21,25,27-28H,11-12,14,17,19H2,1-3H3,(H,37,41)/t21-,25-,27-,28-/m1/s1. The topological polar surface area (TPSA) is 125 Å². The van der Waals surface area contributed by atoms with Crippen molar-refractivity contribution in [3.63, 3.8) is 0 Å². The summed E-state index contributed by atoms with van der Waals surface area (Å²) in [6, 6.07) is 15.9. The Morgan fingerprint density at radius 1 is 1.11 bits per heavy atom. The highest BCUT2D eigenvalue weighted by Gasteiger charge is 2.35. The van der Waals surface area contributed by atoms with Crippen molar-refractivity contribution in [3.05, 3.63) is 78.2 Å². The number of carbonyl (C=O) groups excluding carboxylic acids is 2. The normalized spacial score (nSPS) is 21.1. The third-order valence-electron chi connectivity index (χ3n) is 8.88. The van der Waals surface area contributed by atoms with Gasteiger partial charge in [0.1, 0.15) is 17.0 Å². The molecule has 5 aromatic rings. The summed E-state index contributed by atoms with van der Waals surface area (Å²) in [6.45, 7) is 0.976. The lowest BCUT2D eigenvalue weighted by molar-refractivity contribution is -0.151. The molecule has 1 aliphatic carbocycles. The van der Waals surface area contributed by atoms with E-state index in [4.69, 9.17) is 24.2 Å². The van der Waals surface area contributed by atoms with Crippen molar-refractivity contribution >= 4 is 34.4 Å². The monoisotopic (exact) mass is 609 g/mol. The van der Waals surface area contributed by atoms with Gasteiger partial charge in [-0.25, -0.2) is 14.8 Å². The molecule has 232 valence electrons. The fourth-order valence-corrected chi connectivity index (χ4v) is 6.28. The SMILES string of the molecule is COC(=O)[C@H]1C[C@@H](n2cc(-c3cc(N(C)Cc4ccccc4)n4ncc(C(=O)N[C@@H]5CC[C@H]5OC)c4n3)c3cccnc32)CO1. The molecule has 1 N–H and O–H groups in total. The molecular formula is C33H35N7O5. The molecule has 1 saturated carbocycles. The van der Waals surface area contributed by atoms with Crippen LogP contribution in [-0.4, -0.2) is 82.1 Å². The van der Waals surface area contributed by atoms with Gasteiger partial charge in [-0.1, -0.05) is 30.3 Å². The summed E-state index contributed by atoms with van der Waals surface area (Å²) in [6.07, 6.45) is 6.97. The van der Waals surface area contributed by atoms with E-state index in [-0.39, 0.29) is 30.1 Å². The Balaban J connectivity index is 1.33. The molecule has 4 aromatic heterocycles. The maximum absolute atomic E-state index is 13.6. The lowest BCUT2D eigenvalue weighted by atomic mass is 9.89. The summed E-state index contributed by atoms with van der Waals surface area (Å²) >= 11 is 0. The van der Waals surface area contributed by atoms with Gasteiger partial charge in [0.25, 0.3) is 5.91 Å². The number of amides is 1. The van der Waals surface area contributed by atoms with E-state index < -0.39 is 6.10 Å². The first-order chi connectivity index (χ1) is 21.9. The molecule has 1 aromatic carbocycles. The van der Waals surface area contributed by atoms with Crippen LogP contribution in [0.4, 0.5) is 5.82 Å². The molecule has 45 heavy (non-hydrogen) atoms. The molecule has 1 aliphatic heterocycles. The molecule has 1 amide bonds. The number of aromatic nitrogens is 5. The number of anilines is 1. The molecule has 2 fully saturated rings. The van der Waals surface area contributed by atoms with Gasteiger partial charge < -0.3 is 29.0 Å². The Hall–Kier alpha value is -4.81. The van der Waals surface area contributed by atoms with E-state index >= 15 is 0 Å². The largest absolute Gasteiger partial charge is 0.467 e. The van der Waals surface area contributed by atoms with E-state index in [1.54, 1.807) is 24.0 Å². The summed E-state index contributed by atoms with van der Waals surface area (Å²) in [5.74, 6) is 0.154. The van der Waals surface area contributed by atoms with Crippen molar-refractivity contribution in [3.8, 4) is 11.3 Å². The molecule has 0 radical (unpaired) electrons. The Morgan fingerprint density at radius 3 is 2.71 bits per heavy atom. The zero-order chi connectivity index (χ0) is 31.1. The number of nitrogens with zero attached hydrogens (tertiary/aromatic N) is 6. The highest BCUT2D eigenvalue weighted by Crippen LogP contribution is 2.36. The first-order valence-electron chi connectivity index (χ1n) is 15.1. The number of nitrogens with one attached hydrogen (secondary N) is 1. The van der Waals surface area contributed by atoms with Gasteiger partial charge >= 0.3 is 5.97 Å². The summed E-state index contributed by atoms with van der Waals surface area (Å²) < 4.78 is 20.0. The maximum Gasteiger partial charge on any atom is 0.335 e. The van der Waals surface area contributed by atoms with Crippen LogP contribution >= 0.6 is 0 Å². The van der Waals surface area contributed by atoms with Crippen LogP contribution in [0.25, 0.3) is 27.9 Å². The van der Waals surface area contributed by atoms with Crippen LogP contribution in [-0.2, 0) is 25.5 Å². The maximum atomic E-state index is 13.6. The predicted octanol–water partition coefficient (Wildman–Crippen LogP) is 3.79. The first-order valence-corrected chi connectivity index (χ1v) is 15.1. The number of esters is 1. The Morgan fingerprint density at radius 2 is 1.96 bits per heavy atom. The highest BCUT2D eigenvalue weighted by atomic mass is 16.6. The minimum Gasteiger partial charge on any atom is -0.467 e. The van der Waals surface area contributed by atoms with Gasteiger partial charge in [-0.15, -0.1) is 0 Å². The fourth-order valence-electron chi connectivity index (χ4n) is 6.28. The Kier molecular flexibility index (Phi) is 7.68. The van der Waals surface area contributed by atoms with Gasteiger partial charge in [-0.2, -0.15) is 9.61 Å². The van der Waals surface area contributed by atoms with Gasteiger partial charge in [-0.05, 0) is 30.5 Å². The minimum absolute atomic E-state index is 0.00357. The van der Waals surface area contributed by atoms with Gasteiger partial charge in [-0.3, -0.25) is 4.79 Å². The van der Waals surface area contributed by atoms with Crippen LogP contribution in [0.1, 0.15) is 41.2 Å². The fraction of sp³-hybridized carbons (Fsp3) is 0.364. The summed E-state index contributed by atoms with van der Waals surface area (Å²) in [7, 11) is 5.03. The molecule has 0 spiro atoms. The van der Waals surface area contributed by atoms with Crippen LogP contribution in [0, 0.1) is 0 Å². The number of ether oxygens (including phenoxy) is 3. The molecule has 5 heterocycles. The van der Waals surface area contributed by atoms with E-state index in [1.165, 1.54) is 7.11 Å². The lowest BCUT2D eigenvalue weighted by Gasteiger charge is -2.35. The van der Waals surface area contributed by atoms with Crippen LogP contribution in [0.3, 0.4) is 0 Å². The number of hydrogen-bond donors (Lipinski definition) is 1. The Bertz CT molecular complexity index is 1870. The molecule has 4 atom stereocenters. The quantitative estimate of drug-likeness (QED) is 0.249. The van der Waals surface area contributed by atoms with E-state index in [1.807, 2.05) is 49.6 Å². The average molecular weight is 610 g/mol. The van der Waals surface area contributed by atoms with E-state index in [9.17, 15) is 9.59 Å². The molecule has 1 saturated heterocycles. The smallest absolute Gasteiger partial charge is 0.335 e. The van der Waals surface area contributed by atoms with Gasteiger partial charge in [0.2, 0.25) is 0 Å². The van der Waals surface area contributed by atoms with Crippen LogP contribution < -0.4 is 10.2 Å². The van der Waals surface area contributed by atoms with Crippen molar-refractivity contribution < 1.29 is 23.8 Å². The van der Waals surface area contributed by atoms with Crippen molar-refractivity contribution in [2.45, 2.75) is 50.1 Å². The molecule has 7 rings (SSSR count). The number of carbonyl (C=O) groups is 2. The van der Waals surface area contributed by atoms with Crippen LogP contribution in [0.2, 0.25) is 0 Å². The van der Waals surface area contributed by atoms with Crippen molar-refractivity contribution in [2.24, 2.45) is 0 Å². The number of pyridine rings is 1. The number of benzene rings is 1. The molecule has 0 unspecified atom stereocenters. The second kappa shape index (κ2) is 11.9. The number of fused-ring (bicyclic) bond motifs is 2. The van der Waals surface area contributed by atoms with Gasteiger partial charge in [0.05, 0.1) is 43.8 Å². The van der Waals surface area contributed by atoms with Crippen LogP contribution in [0.5, 0.6) is 0 Å². The summed E-state index contributed by atoms with van der Waals surface area (Å²) in [4.78, 5) is 37.6. The molecular weight excluding hydrogens is 574 g/mol. The predicted molar refractivity (Wildman–Crippen MR) is 167 cm³/mol. The Labute approximate surface area is 259 Å². The number of methoxy groups -OCH3 is 2. The van der Waals surface area contributed by atoms with Crippen LogP contribution in [0.15, 0.2) is 67.1 Å². The second-order valence-corrected chi connectivity index (χ2v) is 11.6. The van der Waals surface area contributed by atoms with E-state index in [0.29, 0.717) is 36.5 Å². The molecule has 2 aliphatic rings. The number of rotatable bonds is 9. The highest BCUT2D eigenvalue weighted by molar-refractivity contribution is 6.01. The van der Waals surface area contributed by atoms with Gasteiger partial charge in [0, 0.05) is 56.5 Å². The molecule has 0 bridgehead atoms. The van der Waals surface area contributed by atoms with Crippen molar-refractivity contribution in [1.29, 1.82) is 0 Å². The van der Waals surface area contributed by atoms with E-state index in [0.717, 1.165) is 40.8 Å². The summed E-state index contributed by atoms with van der Waals surface area (Å²) in [5, 5.41) is 8.64. The minimum atomic E-state index is -0.626. The molecule has 12 nitrogen and oxygen atoms in total.